The van der Waals surface area contributed by atoms with Gasteiger partial charge in [0.1, 0.15) is 0 Å². The van der Waals surface area contributed by atoms with Gasteiger partial charge in [-0.25, -0.2) is 0 Å². The number of hydrogen-bond donors (Lipinski definition) is 1. The highest BCUT2D eigenvalue weighted by Crippen LogP contribution is 1.98. The summed E-state index contributed by atoms with van der Waals surface area (Å²) < 4.78 is 0. The van der Waals surface area contributed by atoms with Crippen molar-refractivity contribution < 1.29 is 4.84 Å². The van der Waals surface area contributed by atoms with Crippen LogP contribution >= 0.6 is 0 Å². The third-order valence-corrected chi connectivity index (χ3v) is 1.41. The predicted octanol–water partition coefficient (Wildman–Crippen LogP) is 1.89. The van der Waals surface area contributed by atoms with Crippen LogP contribution in [0.2, 0.25) is 0 Å². The molecule has 0 aliphatic heterocycles. The van der Waals surface area contributed by atoms with E-state index in [0.29, 0.717) is 13.2 Å². The second-order valence-electron chi connectivity index (χ2n) is 2.41. The molecule has 0 aliphatic rings. The highest BCUT2D eigenvalue weighted by Gasteiger charge is 1.88. The van der Waals surface area contributed by atoms with Crippen LogP contribution in [0.4, 0.5) is 0 Å². The summed E-state index contributed by atoms with van der Waals surface area (Å²) in [6.45, 7) is 4.83. The van der Waals surface area contributed by atoms with Crippen LogP contribution in [0.25, 0.3) is 0 Å². The molecule has 1 aromatic carbocycles. The van der Waals surface area contributed by atoms with Crippen LogP contribution in [0.3, 0.4) is 0 Å². The molecule has 0 unspecified atom stereocenters. The molecule has 0 spiro atoms. The largest absolute Gasteiger partial charge is 0.297 e. The number of hydrogen-bond acceptors (Lipinski definition) is 2. The van der Waals surface area contributed by atoms with Crippen molar-refractivity contribution in [3.05, 3.63) is 48.6 Å². The Hall–Kier alpha value is -1.12. The van der Waals surface area contributed by atoms with E-state index in [2.05, 4.69) is 12.1 Å². The van der Waals surface area contributed by atoms with E-state index in [9.17, 15) is 0 Å². The molecule has 0 amide bonds. The lowest BCUT2D eigenvalue weighted by atomic mass is 10.2. The first-order valence-corrected chi connectivity index (χ1v) is 3.93. The van der Waals surface area contributed by atoms with E-state index in [4.69, 9.17) is 4.84 Å². The maximum absolute atomic E-state index is 5.14. The van der Waals surface area contributed by atoms with Gasteiger partial charge >= 0.3 is 0 Å². The molecule has 64 valence electrons. The first-order valence-electron chi connectivity index (χ1n) is 3.93. The average molecular weight is 163 g/mol. The Balaban J connectivity index is 2.20. The first-order chi connectivity index (χ1) is 5.93. The lowest BCUT2D eigenvalue weighted by Gasteiger charge is -2.02. The first kappa shape index (κ1) is 8.97. The van der Waals surface area contributed by atoms with Gasteiger partial charge in [-0.1, -0.05) is 36.4 Å². The molecule has 1 N–H and O–H groups in total. The normalized spacial score (nSPS) is 9.67. The Morgan fingerprint density at radius 3 is 2.75 bits per heavy atom. The Bertz CT molecular complexity index is 221. The van der Waals surface area contributed by atoms with Crippen LogP contribution in [-0.2, 0) is 11.4 Å². The van der Waals surface area contributed by atoms with E-state index < -0.39 is 0 Å². The fraction of sp³-hybridized carbons (Fsp3) is 0.200. The minimum atomic E-state index is 0.592. The van der Waals surface area contributed by atoms with Crippen LogP contribution < -0.4 is 5.48 Å². The van der Waals surface area contributed by atoms with Gasteiger partial charge in [0, 0.05) is 6.54 Å². The molecule has 0 radical (unpaired) electrons. The number of nitrogens with one attached hydrogen (secondary N) is 1. The van der Waals surface area contributed by atoms with Crippen molar-refractivity contribution in [3.63, 3.8) is 0 Å². The Morgan fingerprint density at radius 2 is 2.08 bits per heavy atom. The smallest absolute Gasteiger partial charge is 0.0933 e. The van der Waals surface area contributed by atoms with E-state index in [1.54, 1.807) is 6.08 Å². The third kappa shape index (κ3) is 3.32. The second-order valence-corrected chi connectivity index (χ2v) is 2.41. The fourth-order valence-corrected chi connectivity index (χ4v) is 0.826. The molecule has 1 aromatic rings. The van der Waals surface area contributed by atoms with Crippen LogP contribution in [0, 0.1) is 0 Å². The van der Waals surface area contributed by atoms with Crippen molar-refractivity contribution >= 4 is 0 Å². The summed E-state index contributed by atoms with van der Waals surface area (Å²) in [5.41, 5.74) is 3.93. The predicted molar refractivity (Wildman–Crippen MR) is 49.4 cm³/mol. The summed E-state index contributed by atoms with van der Waals surface area (Å²) in [7, 11) is 0. The van der Waals surface area contributed by atoms with Gasteiger partial charge in [-0.05, 0) is 5.56 Å². The maximum atomic E-state index is 5.14. The minimum Gasteiger partial charge on any atom is -0.297 e. The monoisotopic (exact) mass is 163 g/mol. The van der Waals surface area contributed by atoms with Crippen molar-refractivity contribution in [3.8, 4) is 0 Å². The zero-order valence-corrected chi connectivity index (χ0v) is 6.99. The zero-order valence-electron chi connectivity index (χ0n) is 6.99. The number of hydroxylamine groups is 1. The summed E-state index contributed by atoms with van der Waals surface area (Å²) in [6.07, 6.45) is 1.75. The molecule has 2 heteroatoms. The molecule has 0 aliphatic carbocycles. The quantitative estimate of drug-likeness (QED) is 0.406. The Morgan fingerprint density at radius 1 is 1.33 bits per heavy atom. The molecule has 12 heavy (non-hydrogen) atoms. The fourth-order valence-electron chi connectivity index (χ4n) is 0.826. The van der Waals surface area contributed by atoms with Crippen molar-refractivity contribution in [1.29, 1.82) is 0 Å². The standard InChI is InChI=1S/C10H13NO/c1-2-8-11-12-9-10-6-4-3-5-7-10/h2-7,11H,1,8-9H2. The van der Waals surface area contributed by atoms with Crippen LogP contribution in [0.5, 0.6) is 0 Å². The third-order valence-electron chi connectivity index (χ3n) is 1.41. The highest BCUT2D eigenvalue weighted by atomic mass is 16.6. The Kier molecular flexibility index (Phi) is 4.13. The summed E-state index contributed by atoms with van der Waals surface area (Å²) in [6, 6.07) is 10.0. The van der Waals surface area contributed by atoms with Gasteiger partial charge in [-0.2, -0.15) is 5.48 Å². The second kappa shape index (κ2) is 5.52. The summed E-state index contributed by atoms with van der Waals surface area (Å²) >= 11 is 0. The van der Waals surface area contributed by atoms with Gasteiger partial charge in [0.05, 0.1) is 6.61 Å². The average Bonchev–Trinajstić information content (AvgIpc) is 2.14. The molecule has 0 fully saturated rings. The van der Waals surface area contributed by atoms with Gasteiger partial charge in [-0.15, -0.1) is 6.58 Å². The van der Waals surface area contributed by atoms with Crippen molar-refractivity contribution in [1.82, 2.24) is 5.48 Å². The molecule has 0 heterocycles. The lowest BCUT2D eigenvalue weighted by molar-refractivity contribution is 0.0352. The SMILES string of the molecule is C=CCNOCc1ccccc1. The molecular weight excluding hydrogens is 150 g/mol. The maximum Gasteiger partial charge on any atom is 0.0933 e. The van der Waals surface area contributed by atoms with Crippen LogP contribution in [-0.4, -0.2) is 6.54 Å². The molecule has 0 atom stereocenters. The Labute approximate surface area is 72.8 Å². The summed E-state index contributed by atoms with van der Waals surface area (Å²) in [4.78, 5) is 5.14. The molecule has 0 bridgehead atoms. The van der Waals surface area contributed by atoms with Crippen LogP contribution in [0.15, 0.2) is 43.0 Å². The van der Waals surface area contributed by atoms with E-state index in [-0.39, 0.29) is 0 Å². The van der Waals surface area contributed by atoms with E-state index in [1.165, 1.54) is 0 Å². The molecule has 0 aromatic heterocycles. The van der Waals surface area contributed by atoms with E-state index in [0.717, 1.165) is 5.56 Å². The molecule has 1 rings (SSSR count). The molecular formula is C10H13NO. The zero-order chi connectivity index (χ0) is 8.65. The van der Waals surface area contributed by atoms with Crippen molar-refractivity contribution in [2.45, 2.75) is 6.61 Å². The molecule has 0 saturated carbocycles. The van der Waals surface area contributed by atoms with Gasteiger partial charge in [0.2, 0.25) is 0 Å². The van der Waals surface area contributed by atoms with Gasteiger partial charge in [-0.3, -0.25) is 4.84 Å². The minimum absolute atomic E-state index is 0.592. The molecule has 2 nitrogen and oxygen atoms in total. The van der Waals surface area contributed by atoms with Gasteiger partial charge < -0.3 is 0 Å². The lowest BCUT2D eigenvalue weighted by Crippen LogP contribution is -2.13. The van der Waals surface area contributed by atoms with E-state index >= 15 is 0 Å². The number of benzene rings is 1. The van der Waals surface area contributed by atoms with Gasteiger partial charge in [0.25, 0.3) is 0 Å². The van der Waals surface area contributed by atoms with Crippen molar-refractivity contribution in [2.24, 2.45) is 0 Å². The topological polar surface area (TPSA) is 21.3 Å². The van der Waals surface area contributed by atoms with E-state index in [1.807, 2.05) is 30.3 Å². The highest BCUT2D eigenvalue weighted by molar-refractivity contribution is 5.13. The molecule has 0 saturated heterocycles. The van der Waals surface area contributed by atoms with Gasteiger partial charge in [0.15, 0.2) is 0 Å². The number of rotatable bonds is 5. The van der Waals surface area contributed by atoms with Crippen molar-refractivity contribution in [2.75, 3.05) is 6.54 Å². The van der Waals surface area contributed by atoms with Crippen LogP contribution in [0.1, 0.15) is 5.56 Å². The summed E-state index contributed by atoms with van der Waals surface area (Å²) in [5.74, 6) is 0. The summed E-state index contributed by atoms with van der Waals surface area (Å²) in [5, 5.41) is 0.